The molecule has 0 radical (unpaired) electrons. The number of halogens is 1. The Labute approximate surface area is 96.5 Å². The van der Waals surface area contributed by atoms with Crippen LogP contribution in [0.25, 0.3) is 0 Å². The van der Waals surface area contributed by atoms with E-state index >= 15 is 0 Å². The van der Waals surface area contributed by atoms with E-state index in [9.17, 15) is 4.39 Å². The largest absolute Gasteiger partial charge is 0.368 e. The van der Waals surface area contributed by atoms with Gasteiger partial charge < -0.3 is 10.2 Å². The minimum Gasteiger partial charge on any atom is -0.368 e. The number of likely N-dealkylation sites (N-methyl/N-ethyl adjacent to an activating group) is 1. The number of anilines is 1. The molecule has 1 aromatic rings. The van der Waals surface area contributed by atoms with E-state index in [4.69, 9.17) is 0 Å². The van der Waals surface area contributed by atoms with Crippen molar-refractivity contribution >= 4 is 5.69 Å². The smallest absolute Gasteiger partial charge is 0.123 e. The van der Waals surface area contributed by atoms with Crippen LogP contribution in [0.3, 0.4) is 0 Å². The van der Waals surface area contributed by atoms with E-state index in [0.29, 0.717) is 12.0 Å². The van der Waals surface area contributed by atoms with Crippen molar-refractivity contribution in [2.75, 3.05) is 25.0 Å². The number of rotatable bonds is 3. The second-order valence-electron chi connectivity index (χ2n) is 4.70. The SMILES string of the molecule is CNCC1CN(C(C)C)c2ccc(F)cc21. The van der Waals surface area contributed by atoms with Gasteiger partial charge in [0.05, 0.1) is 0 Å². The number of nitrogens with one attached hydrogen (secondary N) is 1. The van der Waals surface area contributed by atoms with Crippen molar-refractivity contribution in [2.45, 2.75) is 25.8 Å². The van der Waals surface area contributed by atoms with Gasteiger partial charge in [-0.25, -0.2) is 4.39 Å². The van der Waals surface area contributed by atoms with Gasteiger partial charge in [0, 0.05) is 30.7 Å². The van der Waals surface area contributed by atoms with Crippen LogP contribution in [0.4, 0.5) is 10.1 Å². The minimum atomic E-state index is -0.134. The molecule has 0 saturated carbocycles. The Hall–Kier alpha value is -1.09. The molecule has 3 heteroatoms. The molecule has 0 bridgehead atoms. The Morgan fingerprint density at radius 3 is 2.88 bits per heavy atom. The van der Waals surface area contributed by atoms with Crippen LogP contribution in [-0.2, 0) is 0 Å². The zero-order valence-corrected chi connectivity index (χ0v) is 10.1. The van der Waals surface area contributed by atoms with Crippen molar-refractivity contribution in [2.24, 2.45) is 0 Å². The molecule has 1 heterocycles. The van der Waals surface area contributed by atoms with Gasteiger partial charge in [-0.05, 0) is 44.7 Å². The number of hydrogen-bond acceptors (Lipinski definition) is 2. The fraction of sp³-hybridized carbons (Fsp3) is 0.538. The third kappa shape index (κ3) is 1.92. The summed E-state index contributed by atoms with van der Waals surface area (Å²) in [7, 11) is 1.94. The van der Waals surface area contributed by atoms with Gasteiger partial charge in [0.1, 0.15) is 5.82 Å². The molecule has 0 amide bonds. The average Bonchev–Trinajstić information content (AvgIpc) is 2.58. The van der Waals surface area contributed by atoms with Gasteiger partial charge in [0.2, 0.25) is 0 Å². The Balaban J connectivity index is 2.36. The molecule has 1 aliphatic heterocycles. The zero-order valence-electron chi connectivity index (χ0n) is 10.1. The van der Waals surface area contributed by atoms with Crippen molar-refractivity contribution < 1.29 is 4.39 Å². The molecule has 0 aliphatic carbocycles. The number of hydrogen-bond donors (Lipinski definition) is 1. The van der Waals surface area contributed by atoms with E-state index in [0.717, 1.165) is 18.7 Å². The van der Waals surface area contributed by atoms with E-state index in [2.05, 4.69) is 24.1 Å². The molecule has 0 aromatic heterocycles. The van der Waals surface area contributed by atoms with Gasteiger partial charge in [-0.3, -0.25) is 0 Å². The summed E-state index contributed by atoms with van der Waals surface area (Å²) in [4.78, 5) is 2.34. The standard InChI is InChI=1S/C13H19FN2/c1-9(2)16-8-10(7-15-3)12-6-11(14)4-5-13(12)16/h4-6,9-10,15H,7-8H2,1-3H3. The molecule has 0 saturated heterocycles. The van der Waals surface area contributed by atoms with Gasteiger partial charge in [0.25, 0.3) is 0 Å². The number of fused-ring (bicyclic) bond motifs is 1. The molecule has 1 unspecified atom stereocenters. The van der Waals surface area contributed by atoms with E-state index in [-0.39, 0.29) is 5.82 Å². The second-order valence-corrected chi connectivity index (χ2v) is 4.70. The molecule has 88 valence electrons. The Morgan fingerprint density at radius 2 is 2.25 bits per heavy atom. The van der Waals surface area contributed by atoms with Crippen molar-refractivity contribution in [1.82, 2.24) is 5.32 Å². The first-order valence-electron chi connectivity index (χ1n) is 5.84. The molecular formula is C13H19FN2. The molecule has 0 spiro atoms. The summed E-state index contributed by atoms with van der Waals surface area (Å²) < 4.78 is 13.3. The summed E-state index contributed by atoms with van der Waals surface area (Å²) in [5.41, 5.74) is 2.33. The van der Waals surface area contributed by atoms with Crippen LogP contribution < -0.4 is 10.2 Å². The van der Waals surface area contributed by atoms with Gasteiger partial charge >= 0.3 is 0 Å². The Bertz CT molecular complexity index is 376. The molecule has 2 nitrogen and oxygen atoms in total. The van der Waals surface area contributed by atoms with Crippen molar-refractivity contribution in [3.05, 3.63) is 29.6 Å². The fourth-order valence-corrected chi connectivity index (χ4v) is 2.46. The first-order valence-corrected chi connectivity index (χ1v) is 5.84. The molecule has 16 heavy (non-hydrogen) atoms. The predicted molar refractivity (Wildman–Crippen MR) is 65.5 cm³/mol. The summed E-state index contributed by atoms with van der Waals surface area (Å²) in [6, 6.07) is 5.60. The molecule has 0 fully saturated rings. The molecule has 2 rings (SSSR count). The van der Waals surface area contributed by atoms with Crippen molar-refractivity contribution in [1.29, 1.82) is 0 Å². The maximum absolute atomic E-state index is 13.3. The van der Waals surface area contributed by atoms with Crippen LogP contribution in [0, 0.1) is 5.82 Å². The van der Waals surface area contributed by atoms with Crippen LogP contribution in [0.2, 0.25) is 0 Å². The quantitative estimate of drug-likeness (QED) is 0.844. The summed E-state index contributed by atoms with van der Waals surface area (Å²) in [5.74, 6) is 0.267. The van der Waals surface area contributed by atoms with Gasteiger partial charge in [-0.2, -0.15) is 0 Å². The lowest BCUT2D eigenvalue weighted by Crippen LogP contribution is -2.31. The van der Waals surface area contributed by atoms with Crippen LogP contribution in [0.5, 0.6) is 0 Å². The normalized spacial score (nSPS) is 19.3. The first-order chi connectivity index (χ1) is 7.63. The third-order valence-electron chi connectivity index (χ3n) is 3.23. The lowest BCUT2D eigenvalue weighted by atomic mass is 10.0. The monoisotopic (exact) mass is 222 g/mol. The Kier molecular flexibility index (Phi) is 3.15. The van der Waals surface area contributed by atoms with E-state index in [1.165, 1.54) is 5.69 Å². The summed E-state index contributed by atoms with van der Waals surface area (Å²) in [6.07, 6.45) is 0. The van der Waals surface area contributed by atoms with Gasteiger partial charge in [0.15, 0.2) is 0 Å². The lowest BCUT2D eigenvalue weighted by Gasteiger charge is -2.24. The molecule has 1 aromatic carbocycles. The van der Waals surface area contributed by atoms with Crippen LogP contribution in [0.15, 0.2) is 18.2 Å². The van der Waals surface area contributed by atoms with Gasteiger partial charge in [-0.15, -0.1) is 0 Å². The number of benzene rings is 1. The average molecular weight is 222 g/mol. The van der Waals surface area contributed by atoms with E-state index in [1.54, 1.807) is 12.1 Å². The fourth-order valence-electron chi connectivity index (χ4n) is 2.46. The lowest BCUT2D eigenvalue weighted by molar-refractivity contribution is 0.603. The maximum atomic E-state index is 13.3. The first kappa shape index (κ1) is 11.4. The summed E-state index contributed by atoms with van der Waals surface area (Å²) in [5, 5.41) is 3.18. The minimum absolute atomic E-state index is 0.134. The third-order valence-corrected chi connectivity index (χ3v) is 3.23. The highest BCUT2D eigenvalue weighted by atomic mass is 19.1. The predicted octanol–water partition coefficient (Wildman–Crippen LogP) is 2.36. The van der Waals surface area contributed by atoms with Crippen LogP contribution >= 0.6 is 0 Å². The van der Waals surface area contributed by atoms with Crippen LogP contribution in [-0.4, -0.2) is 26.2 Å². The summed E-state index contributed by atoms with van der Waals surface area (Å²) in [6.45, 7) is 6.24. The van der Waals surface area contributed by atoms with Gasteiger partial charge in [-0.1, -0.05) is 0 Å². The molecule has 1 atom stereocenters. The Morgan fingerprint density at radius 1 is 1.50 bits per heavy atom. The molecule has 1 aliphatic rings. The van der Waals surface area contributed by atoms with E-state index in [1.807, 2.05) is 13.1 Å². The highest BCUT2D eigenvalue weighted by Crippen LogP contribution is 2.37. The number of nitrogens with zero attached hydrogens (tertiary/aromatic N) is 1. The topological polar surface area (TPSA) is 15.3 Å². The van der Waals surface area contributed by atoms with Crippen LogP contribution in [0.1, 0.15) is 25.3 Å². The van der Waals surface area contributed by atoms with E-state index < -0.39 is 0 Å². The van der Waals surface area contributed by atoms with Crippen molar-refractivity contribution in [3.8, 4) is 0 Å². The summed E-state index contributed by atoms with van der Waals surface area (Å²) >= 11 is 0. The highest BCUT2D eigenvalue weighted by Gasteiger charge is 2.29. The van der Waals surface area contributed by atoms with Crippen molar-refractivity contribution in [3.63, 3.8) is 0 Å². The molecular weight excluding hydrogens is 203 g/mol. The highest BCUT2D eigenvalue weighted by molar-refractivity contribution is 5.61. The maximum Gasteiger partial charge on any atom is 0.123 e. The molecule has 1 N–H and O–H groups in total. The zero-order chi connectivity index (χ0) is 11.7. The second kappa shape index (κ2) is 4.42.